The van der Waals surface area contributed by atoms with Crippen molar-refractivity contribution in [3.8, 4) is 38.8 Å². The van der Waals surface area contributed by atoms with E-state index < -0.39 is 0 Å². The van der Waals surface area contributed by atoms with E-state index in [9.17, 15) is 0 Å². The fraction of sp³-hybridized carbons (Fsp3) is 0.0741. The van der Waals surface area contributed by atoms with E-state index in [1.165, 1.54) is 5.56 Å². The molecule has 6 nitrogen and oxygen atoms in total. The second kappa shape index (κ2) is 7.97. The molecule has 0 aliphatic carbocycles. The topological polar surface area (TPSA) is 78.3 Å². The summed E-state index contributed by atoms with van der Waals surface area (Å²) in [6.07, 6.45) is 0. The van der Waals surface area contributed by atoms with Crippen molar-refractivity contribution in [1.82, 2.24) is 19.6 Å². The average molecular weight is 464 g/mol. The van der Waals surface area contributed by atoms with Gasteiger partial charge < -0.3 is 10.5 Å². The molecule has 0 amide bonds. The van der Waals surface area contributed by atoms with Gasteiger partial charge in [-0.05, 0) is 31.2 Å². The highest BCUT2D eigenvalue weighted by Crippen LogP contribution is 2.42. The van der Waals surface area contributed by atoms with Gasteiger partial charge in [0.25, 0.3) is 0 Å². The number of para-hydroxylation sites is 2. The van der Waals surface area contributed by atoms with Crippen LogP contribution in [0.5, 0.6) is 5.75 Å². The van der Waals surface area contributed by atoms with Crippen LogP contribution in [0.25, 0.3) is 48.9 Å². The van der Waals surface area contributed by atoms with E-state index in [1.807, 2.05) is 53.0 Å². The molecule has 0 saturated heterocycles. The smallest absolute Gasteiger partial charge is 0.158 e. The Hall–Kier alpha value is -4.23. The number of thiazole rings is 1. The number of nitrogen functional groups attached to an aromatic ring is 1. The van der Waals surface area contributed by atoms with Gasteiger partial charge in [0.2, 0.25) is 0 Å². The number of aryl methyl sites for hydroxylation is 1. The number of nitrogens with two attached hydrogens (primary N) is 1. The normalized spacial score (nSPS) is 11.4. The first-order valence-electron chi connectivity index (χ1n) is 10.9. The lowest BCUT2D eigenvalue weighted by Gasteiger charge is -2.15. The molecule has 0 radical (unpaired) electrons. The summed E-state index contributed by atoms with van der Waals surface area (Å²) in [5.74, 6) is 1.13. The standard InChI is InChI=1S/C27H21N5OS/c1-16-11-13-17(14-12-16)20-15-23-30-26(28)24(27-29-19-8-4-6-10-22(19)34-27)25(32(23)31-20)18-7-3-5-9-21(18)33-2/h3-15H,1-2H3,(H2,28,30). The van der Waals surface area contributed by atoms with Crippen LogP contribution in [-0.2, 0) is 0 Å². The fourth-order valence-electron chi connectivity index (χ4n) is 4.17. The molecule has 0 atom stereocenters. The van der Waals surface area contributed by atoms with Crippen molar-refractivity contribution in [2.24, 2.45) is 0 Å². The minimum absolute atomic E-state index is 0.405. The molecular weight excluding hydrogens is 442 g/mol. The molecule has 0 spiro atoms. The van der Waals surface area contributed by atoms with E-state index in [-0.39, 0.29) is 0 Å². The quantitative estimate of drug-likeness (QED) is 0.335. The van der Waals surface area contributed by atoms with Crippen molar-refractivity contribution in [3.63, 3.8) is 0 Å². The van der Waals surface area contributed by atoms with E-state index in [0.717, 1.165) is 49.1 Å². The number of rotatable bonds is 4. The van der Waals surface area contributed by atoms with Crippen LogP contribution < -0.4 is 10.5 Å². The summed E-state index contributed by atoms with van der Waals surface area (Å²) in [7, 11) is 1.67. The Morgan fingerprint density at radius 3 is 2.47 bits per heavy atom. The molecular formula is C27H21N5OS. The van der Waals surface area contributed by atoms with Crippen LogP contribution in [0.2, 0.25) is 0 Å². The fourth-order valence-corrected chi connectivity index (χ4v) is 5.19. The highest BCUT2D eigenvalue weighted by molar-refractivity contribution is 7.21. The molecule has 166 valence electrons. The Kier molecular flexibility index (Phi) is 4.78. The lowest BCUT2D eigenvalue weighted by atomic mass is 10.1. The molecule has 0 fully saturated rings. The monoisotopic (exact) mass is 463 g/mol. The third-order valence-corrected chi connectivity index (χ3v) is 6.90. The SMILES string of the molecule is COc1ccccc1-c1c(-c2nc3ccccc3s2)c(N)nc2cc(-c3ccc(C)cc3)nn12. The number of hydrogen-bond donors (Lipinski definition) is 1. The second-order valence-electron chi connectivity index (χ2n) is 8.07. The Labute approximate surface area is 200 Å². The predicted octanol–water partition coefficient (Wildman–Crippen LogP) is 6.24. The van der Waals surface area contributed by atoms with Gasteiger partial charge in [0, 0.05) is 17.2 Å². The van der Waals surface area contributed by atoms with Crippen molar-refractivity contribution in [3.05, 3.63) is 84.4 Å². The zero-order chi connectivity index (χ0) is 23.2. The van der Waals surface area contributed by atoms with Crippen LogP contribution >= 0.6 is 11.3 Å². The van der Waals surface area contributed by atoms with Gasteiger partial charge in [-0.25, -0.2) is 14.5 Å². The second-order valence-corrected chi connectivity index (χ2v) is 9.10. The van der Waals surface area contributed by atoms with Crippen molar-refractivity contribution < 1.29 is 4.74 Å². The van der Waals surface area contributed by atoms with Gasteiger partial charge in [0.15, 0.2) is 5.65 Å². The Bertz CT molecular complexity index is 1630. The minimum atomic E-state index is 0.405. The van der Waals surface area contributed by atoms with E-state index in [2.05, 4.69) is 37.3 Å². The number of hydrogen-bond acceptors (Lipinski definition) is 6. The summed E-state index contributed by atoms with van der Waals surface area (Å²) >= 11 is 1.59. The molecule has 0 bridgehead atoms. The van der Waals surface area contributed by atoms with E-state index in [4.69, 9.17) is 25.5 Å². The summed E-state index contributed by atoms with van der Waals surface area (Å²) in [6, 6.07) is 26.2. The molecule has 0 aliphatic heterocycles. The molecule has 0 saturated carbocycles. The number of aromatic nitrogens is 4. The molecule has 2 N–H and O–H groups in total. The third-order valence-electron chi connectivity index (χ3n) is 5.85. The molecule has 3 aromatic carbocycles. The predicted molar refractivity (Wildman–Crippen MR) is 138 cm³/mol. The zero-order valence-corrected chi connectivity index (χ0v) is 19.5. The maximum Gasteiger partial charge on any atom is 0.158 e. The molecule has 6 rings (SSSR count). The Balaban J connectivity index is 1.69. The minimum Gasteiger partial charge on any atom is -0.496 e. The van der Waals surface area contributed by atoms with Crippen LogP contribution in [0.1, 0.15) is 5.56 Å². The largest absolute Gasteiger partial charge is 0.496 e. The maximum atomic E-state index is 6.61. The van der Waals surface area contributed by atoms with Gasteiger partial charge in [0.1, 0.15) is 16.6 Å². The molecule has 0 aliphatic rings. The molecule has 3 aromatic heterocycles. The van der Waals surface area contributed by atoms with Crippen molar-refractivity contribution >= 4 is 33.0 Å². The first-order chi connectivity index (χ1) is 16.6. The Morgan fingerprint density at radius 2 is 1.68 bits per heavy atom. The summed E-state index contributed by atoms with van der Waals surface area (Å²) in [5.41, 5.74) is 13.7. The number of benzene rings is 3. The van der Waals surface area contributed by atoms with Crippen molar-refractivity contribution in [1.29, 1.82) is 0 Å². The Morgan fingerprint density at radius 1 is 0.912 bits per heavy atom. The van der Waals surface area contributed by atoms with Crippen molar-refractivity contribution in [2.45, 2.75) is 6.92 Å². The highest BCUT2D eigenvalue weighted by Gasteiger charge is 2.24. The van der Waals surface area contributed by atoms with E-state index >= 15 is 0 Å². The number of ether oxygens (including phenoxy) is 1. The van der Waals surface area contributed by atoms with E-state index in [0.29, 0.717) is 11.5 Å². The number of nitrogens with zero attached hydrogens (tertiary/aromatic N) is 4. The van der Waals surface area contributed by atoms with Crippen LogP contribution in [0.15, 0.2) is 78.9 Å². The van der Waals surface area contributed by atoms with Crippen LogP contribution in [0.3, 0.4) is 0 Å². The third kappa shape index (κ3) is 3.29. The maximum absolute atomic E-state index is 6.61. The van der Waals surface area contributed by atoms with Gasteiger partial charge in [-0.15, -0.1) is 11.3 Å². The molecule has 34 heavy (non-hydrogen) atoms. The van der Waals surface area contributed by atoms with E-state index in [1.54, 1.807) is 18.4 Å². The lowest BCUT2D eigenvalue weighted by Crippen LogP contribution is -2.05. The number of anilines is 1. The first-order valence-corrected chi connectivity index (χ1v) is 11.7. The van der Waals surface area contributed by atoms with Crippen LogP contribution in [0.4, 0.5) is 5.82 Å². The van der Waals surface area contributed by atoms with Gasteiger partial charge in [-0.1, -0.05) is 54.1 Å². The summed E-state index contributed by atoms with van der Waals surface area (Å²) in [5, 5.41) is 5.76. The molecule has 0 unspecified atom stereocenters. The van der Waals surface area contributed by atoms with Gasteiger partial charge in [-0.3, -0.25) is 0 Å². The van der Waals surface area contributed by atoms with Crippen LogP contribution in [-0.4, -0.2) is 26.7 Å². The average Bonchev–Trinajstić information content (AvgIpc) is 3.47. The first kappa shape index (κ1) is 20.4. The lowest BCUT2D eigenvalue weighted by molar-refractivity contribution is 0.416. The molecule has 3 heterocycles. The zero-order valence-electron chi connectivity index (χ0n) is 18.7. The summed E-state index contributed by atoms with van der Waals surface area (Å²) in [4.78, 5) is 9.62. The van der Waals surface area contributed by atoms with Gasteiger partial charge in [0.05, 0.1) is 34.3 Å². The number of fused-ring (bicyclic) bond motifs is 2. The number of methoxy groups -OCH3 is 1. The van der Waals surface area contributed by atoms with Gasteiger partial charge >= 0.3 is 0 Å². The summed E-state index contributed by atoms with van der Waals surface area (Å²) < 4.78 is 8.66. The summed E-state index contributed by atoms with van der Waals surface area (Å²) in [6.45, 7) is 2.07. The van der Waals surface area contributed by atoms with Crippen LogP contribution in [0, 0.1) is 6.92 Å². The highest BCUT2D eigenvalue weighted by atomic mass is 32.1. The molecule has 6 aromatic rings. The molecule has 7 heteroatoms. The van der Waals surface area contributed by atoms with Gasteiger partial charge in [-0.2, -0.15) is 5.10 Å². The van der Waals surface area contributed by atoms with Crippen molar-refractivity contribution in [2.75, 3.05) is 12.8 Å².